The van der Waals surface area contributed by atoms with Gasteiger partial charge in [0.25, 0.3) is 0 Å². The first-order valence-corrected chi connectivity index (χ1v) is 4.75. The molecule has 0 radical (unpaired) electrons. The van der Waals surface area contributed by atoms with E-state index in [1.54, 1.807) is 0 Å². The summed E-state index contributed by atoms with van der Waals surface area (Å²) in [6.07, 6.45) is 5.32. The van der Waals surface area contributed by atoms with Crippen LogP contribution < -0.4 is 5.73 Å². The van der Waals surface area contributed by atoms with Gasteiger partial charge in [0.1, 0.15) is 0 Å². The molecule has 1 aliphatic heterocycles. The SMILES string of the molecule is CN1CCC2C(N)CCCC21. The fraction of sp³-hybridized carbons (Fsp3) is 1.00. The quantitative estimate of drug-likeness (QED) is 0.559. The summed E-state index contributed by atoms with van der Waals surface area (Å²) in [5, 5.41) is 0. The zero-order chi connectivity index (χ0) is 7.84. The molecule has 1 heterocycles. The van der Waals surface area contributed by atoms with Crippen LogP contribution in [-0.2, 0) is 0 Å². The molecule has 3 atom stereocenters. The molecule has 0 amide bonds. The van der Waals surface area contributed by atoms with E-state index in [2.05, 4.69) is 11.9 Å². The normalized spacial score (nSPS) is 45.8. The Morgan fingerprint density at radius 2 is 2.09 bits per heavy atom. The van der Waals surface area contributed by atoms with Crippen molar-refractivity contribution in [3.8, 4) is 0 Å². The smallest absolute Gasteiger partial charge is 0.0136 e. The third kappa shape index (κ3) is 1.18. The number of likely N-dealkylation sites (tertiary alicyclic amines) is 1. The van der Waals surface area contributed by atoms with Crippen LogP contribution in [-0.4, -0.2) is 30.6 Å². The van der Waals surface area contributed by atoms with E-state index in [1.807, 2.05) is 0 Å². The average Bonchev–Trinajstić information content (AvgIpc) is 2.35. The van der Waals surface area contributed by atoms with Gasteiger partial charge in [0, 0.05) is 12.1 Å². The van der Waals surface area contributed by atoms with E-state index < -0.39 is 0 Å². The Bertz CT molecular complexity index is 144. The maximum Gasteiger partial charge on any atom is 0.0136 e. The van der Waals surface area contributed by atoms with Crippen LogP contribution in [0.2, 0.25) is 0 Å². The van der Waals surface area contributed by atoms with Crippen LogP contribution in [0.1, 0.15) is 25.7 Å². The monoisotopic (exact) mass is 154 g/mol. The Hall–Kier alpha value is -0.0800. The Morgan fingerprint density at radius 3 is 2.82 bits per heavy atom. The molecule has 0 aromatic heterocycles. The van der Waals surface area contributed by atoms with Crippen molar-refractivity contribution in [2.75, 3.05) is 13.6 Å². The molecule has 64 valence electrons. The van der Waals surface area contributed by atoms with Crippen molar-refractivity contribution < 1.29 is 0 Å². The maximum absolute atomic E-state index is 6.06. The summed E-state index contributed by atoms with van der Waals surface area (Å²) in [7, 11) is 2.24. The second-order valence-electron chi connectivity index (χ2n) is 4.10. The van der Waals surface area contributed by atoms with Crippen LogP contribution in [0.25, 0.3) is 0 Å². The van der Waals surface area contributed by atoms with E-state index in [0.29, 0.717) is 6.04 Å². The molecule has 2 aliphatic rings. The molecule has 2 nitrogen and oxygen atoms in total. The molecule has 1 aliphatic carbocycles. The lowest BCUT2D eigenvalue weighted by molar-refractivity contribution is 0.195. The van der Waals surface area contributed by atoms with Crippen LogP contribution >= 0.6 is 0 Å². The topological polar surface area (TPSA) is 29.3 Å². The third-order valence-electron chi connectivity index (χ3n) is 3.46. The highest BCUT2D eigenvalue weighted by molar-refractivity contribution is 4.94. The zero-order valence-electron chi connectivity index (χ0n) is 7.29. The van der Waals surface area contributed by atoms with Gasteiger partial charge in [-0.25, -0.2) is 0 Å². The minimum absolute atomic E-state index is 0.499. The van der Waals surface area contributed by atoms with E-state index in [4.69, 9.17) is 5.73 Å². The minimum Gasteiger partial charge on any atom is -0.327 e. The summed E-state index contributed by atoms with van der Waals surface area (Å²) in [5.74, 6) is 0.814. The number of hydrogen-bond donors (Lipinski definition) is 1. The number of rotatable bonds is 0. The summed E-state index contributed by atoms with van der Waals surface area (Å²) in [6.45, 7) is 1.27. The number of nitrogens with two attached hydrogens (primary N) is 1. The molecule has 0 aromatic carbocycles. The largest absolute Gasteiger partial charge is 0.327 e. The number of fused-ring (bicyclic) bond motifs is 1. The predicted molar refractivity (Wildman–Crippen MR) is 46.4 cm³/mol. The van der Waals surface area contributed by atoms with Gasteiger partial charge in [-0.15, -0.1) is 0 Å². The highest BCUT2D eigenvalue weighted by Crippen LogP contribution is 2.34. The van der Waals surface area contributed by atoms with Gasteiger partial charge in [0.15, 0.2) is 0 Å². The van der Waals surface area contributed by atoms with Gasteiger partial charge in [-0.1, -0.05) is 6.42 Å². The zero-order valence-corrected chi connectivity index (χ0v) is 7.29. The van der Waals surface area contributed by atoms with Crippen LogP contribution in [0.4, 0.5) is 0 Å². The van der Waals surface area contributed by atoms with Gasteiger partial charge < -0.3 is 10.6 Å². The van der Waals surface area contributed by atoms with E-state index in [-0.39, 0.29) is 0 Å². The molecule has 0 aromatic rings. The Balaban J connectivity index is 2.07. The Kier molecular flexibility index (Phi) is 1.90. The highest BCUT2D eigenvalue weighted by atomic mass is 15.2. The number of hydrogen-bond acceptors (Lipinski definition) is 2. The summed E-state index contributed by atoms with van der Waals surface area (Å²) in [4.78, 5) is 2.49. The molecule has 0 bridgehead atoms. The molecule has 2 fully saturated rings. The van der Waals surface area contributed by atoms with Crippen LogP contribution in [0, 0.1) is 5.92 Å². The van der Waals surface area contributed by atoms with Crippen molar-refractivity contribution >= 4 is 0 Å². The molecule has 1 saturated heterocycles. The first-order valence-electron chi connectivity index (χ1n) is 4.75. The molecule has 2 heteroatoms. The van der Waals surface area contributed by atoms with Gasteiger partial charge in [-0.2, -0.15) is 0 Å². The molecular weight excluding hydrogens is 136 g/mol. The standard InChI is InChI=1S/C9H18N2/c1-11-6-5-7-8(10)3-2-4-9(7)11/h7-9H,2-6,10H2,1H3. The second kappa shape index (κ2) is 2.76. The van der Waals surface area contributed by atoms with Crippen molar-refractivity contribution in [2.24, 2.45) is 11.7 Å². The summed E-state index contributed by atoms with van der Waals surface area (Å²) in [6, 6.07) is 1.32. The van der Waals surface area contributed by atoms with Crippen LogP contribution in [0.5, 0.6) is 0 Å². The highest BCUT2D eigenvalue weighted by Gasteiger charge is 2.37. The van der Waals surface area contributed by atoms with E-state index >= 15 is 0 Å². The number of nitrogens with zero attached hydrogens (tertiary/aromatic N) is 1. The molecular formula is C9H18N2. The third-order valence-corrected chi connectivity index (χ3v) is 3.46. The van der Waals surface area contributed by atoms with Crippen LogP contribution in [0.3, 0.4) is 0 Å². The van der Waals surface area contributed by atoms with Gasteiger partial charge in [-0.05, 0) is 38.8 Å². The second-order valence-corrected chi connectivity index (χ2v) is 4.10. The fourth-order valence-electron chi connectivity index (χ4n) is 2.75. The molecule has 3 unspecified atom stereocenters. The van der Waals surface area contributed by atoms with Crippen molar-refractivity contribution in [3.05, 3.63) is 0 Å². The average molecular weight is 154 g/mol. The lowest BCUT2D eigenvalue weighted by Crippen LogP contribution is -2.42. The first-order chi connectivity index (χ1) is 5.29. The lowest BCUT2D eigenvalue weighted by Gasteiger charge is -2.33. The summed E-state index contributed by atoms with van der Waals surface area (Å²) in [5.41, 5.74) is 6.06. The molecule has 0 spiro atoms. The first kappa shape index (κ1) is 7.56. The van der Waals surface area contributed by atoms with Crippen LogP contribution in [0.15, 0.2) is 0 Å². The van der Waals surface area contributed by atoms with Gasteiger partial charge >= 0.3 is 0 Å². The van der Waals surface area contributed by atoms with Crippen molar-refractivity contribution in [1.29, 1.82) is 0 Å². The van der Waals surface area contributed by atoms with Gasteiger partial charge in [0.2, 0.25) is 0 Å². The van der Waals surface area contributed by atoms with Crippen molar-refractivity contribution in [3.63, 3.8) is 0 Å². The summed E-state index contributed by atoms with van der Waals surface area (Å²) < 4.78 is 0. The Morgan fingerprint density at radius 1 is 1.27 bits per heavy atom. The summed E-state index contributed by atoms with van der Waals surface area (Å²) >= 11 is 0. The maximum atomic E-state index is 6.06. The van der Waals surface area contributed by atoms with E-state index in [0.717, 1.165) is 12.0 Å². The van der Waals surface area contributed by atoms with Gasteiger partial charge in [0.05, 0.1) is 0 Å². The molecule has 2 N–H and O–H groups in total. The van der Waals surface area contributed by atoms with E-state index in [9.17, 15) is 0 Å². The van der Waals surface area contributed by atoms with Crippen molar-refractivity contribution in [2.45, 2.75) is 37.8 Å². The fourth-order valence-corrected chi connectivity index (χ4v) is 2.75. The Labute approximate surface area is 68.7 Å². The minimum atomic E-state index is 0.499. The molecule has 11 heavy (non-hydrogen) atoms. The lowest BCUT2D eigenvalue weighted by atomic mass is 9.81. The molecule has 1 saturated carbocycles. The van der Waals surface area contributed by atoms with Crippen molar-refractivity contribution in [1.82, 2.24) is 4.90 Å². The van der Waals surface area contributed by atoms with E-state index in [1.165, 1.54) is 32.2 Å². The molecule has 2 rings (SSSR count). The predicted octanol–water partition coefficient (Wildman–Crippen LogP) is 0.818. The van der Waals surface area contributed by atoms with Gasteiger partial charge in [-0.3, -0.25) is 0 Å².